The van der Waals surface area contributed by atoms with Crippen molar-refractivity contribution in [3.8, 4) is 0 Å². The van der Waals surface area contributed by atoms with E-state index in [-0.39, 0.29) is 17.9 Å². The van der Waals surface area contributed by atoms with Crippen molar-refractivity contribution >= 4 is 20.8 Å². The highest BCUT2D eigenvalue weighted by molar-refractivity contribution is 7.16. The van der Waals surface area contributed by atoms with Gasteiger partial charge in [-0.1, -0.05) is 0 Å². The lowest BCUT2D eigenvalue weighted by atomic mass is 10.0. The Hall–Kier alpha value is -1.39. The van der Waals surface area contributed by atoms with Crippen molar-refractivity contribution in [3.05, 3.63) is 23.2 Å². The molecule has 0 aromatic heterocycles. The number of carbonyl (C=O) groups excluding carboxylic acids is 2. The zero-order valence-corrected chi connectivity index (χ0v) is 12.4. The summed E-state index contributed by atoms with van der Waals surface area (Å²) in [5, 5.41) is 7.53. The molecular formula is C13H18N3O3P. The molecule has 0 aromatic rings. The number of hydrogen-bond acceptors (Lipinski definition) is 6. The monoisotopic (exact) mass is 295 g/mol. The van der Waals surface area contributed by atoms with Gasteiger partial charge in [-0.2, -0.15) is 0 Å². The Bertz CT molecular complexity index is 517. The number of hydrogen-bond donors (Lipinski definition) is 1. The zero-order valence-electron chi connectivity index (χ0n) is 11.2. The Kier molecular flexibility index (Phi) is 3.52. The Morgan fingerprint density at radius 3 is 1.85 bits per heavy atom. The van der Waals surface area contributed by atoms with Gasteiger partial charge in [0, 0.05) is 45.3 Å². The van der Waals surface area contributed by atoms with E-state index < -0.39 is 0 Å². The Morgan fingerprint density at radius 1 is 0.950 bits per heavy atom. The highest BCUT2D eigenvalue weighted by Crippen LogP contribution is 2.33. The molecule has 6 nitrogen and oxygen atoms in total. The van der Waals surface area contributed by atoms with Crippen molar-refractivity contribution in [2.75, 3.05) is 45.6 Å². The first-order valence-electron chi connectivity index (χ1n) is 6.78. The minimum Gasteiger partial charge on any atom is -0.392 e. The molecule has 0 aromatic carbocycles. The number of allylic oxidation sites excluding steroid dienone is 1. The van der Waals surface area contributed by atoms with Crippen LogP contribution in [0.5, 0.6) is 0 Å². The molecule has 0 spiro atoms. The SMILES string of the molecule is O=C1C=C(N2CC2)C(=O)C(N2CC2)=C1N1CC1.OCP. The fourth-order valence-electron chi connectivity index (χ4n) is 2.28. The molecule has 20 heavy (non-hydrogen) atoms. The van der Waals surface area contributed by atoms with E-state index in [2.05, 4.69) is 9.24 Å². The van der Waals surface area contributed by atoms with E-state index >= 15 is 0 Å². The first-order chi connectivity index (χ1) is 9.67. The van der Waals surface area contributed by atoms with Crippen molar-refractivity contribution in [2.24, 2.45) is 0 Å². The second kappa shape index (κ2) is 5.19. The van der Waals surface area contributed by atoms with Gasteiger partial charge in [-0.15, -0.1) is 9.24 Å². The van der Waals surface area contributed by atoms with Crippen molar-refractivity contribution in [3.63, 3.8) is 0 Å². The van der Waals surface area contributed by atoms with Crippen LogP contribution in [-0.4, -0.2) is 77.0 Å². The smallest absolute Gasteiger partial charge is 0.227 e. The van der Waals surface area contributed by atoms with Crippen LogP contribution in [0.3, 0.4) is 0 Å². The Labute approximate surface area is 119 Å². The van der Waals surface area contributed by atoms with Gasteiger partial charge < -0.3 is 19.8 Å². The number of aliphatic hydroxyl groups is 1. The van der Waals surface area contributed by atoms with Gasteiger partial charge >= 0.3 is 0 Å². The van der Waals surface area contributed by atoms with Crippen LogP contribution < -0.4 is 0 Å². The summed E-state index contributed by atoms with van der Waals surface area (Å²) in [5.74, 6) is 0.0485. The number of Topliss-reactive ketones (excluding diaryl/α,β-unsaturated/α-hetero) is 1. The van der Waals surface area contributed by atoms with Gasteiger partial charge in [0.2, 0.25) is 11.6 Å². The summed E-state index contributed by atoms with van der Waals surface area (Å²) in [4.78, 5) is 30.5. The third kappa shape index (κ3) is 2.58. The van der Waals surface area contributed by atoms with Crippen molar-refractivity contribution in [2.45, 2.75) is 0 Å². The molecule has 3 saturated heterocycles. The number of aliphatic hydroxyl groups excluding tert-OH is 1. The van der Waals surface area contributed by atoms with E-state index in [0.29, 0.717) is 17.1 Å². The molecule has 4 aliphatic rings. The van der Waals surface area contributed by atoms with Gasteiger partial charge in [-0.05, 0) is 0 Å². The summed E-state index contributed by atoms with van der Waals surface area (Å²) in [7, 11) is 2.13. The molecular weight excluding hydrogens is 277 g/mol. The third-order valence-electron chi connectivity index (χ3n) is 3.49. The Balaban J connectivity index is 0.000000373. The molecule has 0 radical (unpaired) electrons. The van der Waals surface area contributed by atoms with Crippen LogP contribution in [0.4, 0.5) is 0 Å². The number of rotatable bonds is 3. The van der Waals surface area contributed by atoms with Crippen LogP contribution in [0.2, 0.25) is 0 Å². The van der Waals surface area contributed by atoms with E-state index in [4.69, 9.17) is 5.11 Å². The topological polar surface area (TPSA) is 63.4 Å². The van der Waals surface area contributed by atoms with Crippen molar-refractivity contribution in [1.29, 1.82) is 0 Å². The number of nitrogens with zero attached hydrogens (tertiary/aromatic N) is 3. The molecule has 0 bridgehead atoms. The highest BCUT2D eigenvalue weighted by Gasteiger charge is 2.43. The fraction of sp³-hybridized carbons (Fsp3) is 0.538. The van der Waals surface area contributed by atoms with Crippen LogP contribution >= 0.6 is 9.24 Å². The summed E-state index contributed by atoms with van der Waals surface area (Å²) in [6, 6.07) is 0. The molecule has 108 valence electrons. The molecule has 0 saturated carbocycles. The van der Waals surface area contributed by atoms with E-state index in [9.17, 15) is 9.59 Å². The fourth-order valence-corrected chi connectivity index (χ4v) is 2.28. The second-order valence-electron chi connectivity index (χ2n) is 5.06. The van der Waals surface area contributed by atoms with Crippen LogP contribution in [0.1, 0.15) is 0 Å². The molecule has 3 aliphatic heterocycles. The molecule has 3 heterocycles. The maximum atomic E-state index is 12.4. The van der Waals surface area contributed by atoms with Gasteiger partial charge in [-0.25, -0.2) is 0 Å². The zero-order chi connectivity index (χ0) is 14.3. The summed E-state index contributed by atoms with van der Waals surface area (Å²) < 4.78 is 0. The standard InChI is InChI=1S/C12H13N3O2.CH5OP/c16-9-7-8(13-1-2-13)12(17)11(15-5-6-15)10(9)14-3-4-14;2-1-3/h7H,1-6H2;2H,1,3H2. The van der Waals surface area contributed by atoms with E-state index in [0.717, 1.165) is 39.3 Å². The van der Waals surface area contributed by atoms with Crippen LogP contribution in [0.25, 0.3) is 0 Å². The minimum absolute atomic E-state index is 0.00546. The maximum Gasteiger partial charge on any atom is 0.227 e. The lowest BCUT2D eigenvalue weighted by Gasteiger charge is -2.21. The first kappa shape index (κ1) is 13.6. The third-order valence-corrected chi connectivity index (χ3v) is 3.49. The Morgan fingerprint density at radius 2 is 1.40 bits per heavy atom. The molecule has 0 amide bonds. The molecule has 1 atom stereocenters. The van der Waals surface area contributed by atoms with Crippen molar-refractivity contribution < 1.29 is 14.7 Å². The summed E-state index contributed by atoms with van der Waals surface area (Å²) in [5.41, 5.74) is 1.89. The van der Waals surface area contributed by atoms with Gasteiger partial charge in [0.05, 0.1) is 12.0 Å². The molecule has 4 rings (SSSR count). The lowest BCUT2D eigenvalue weighted by molar-refractivity contribution is -0.117. The summed E-state index contributed by atoms with van der Waals surface area (Å²) >= 11 is 0. The minimum atomic E-state index is 0.00546. The molecule has 1 aliphatic carbocycles. The van der Waals surface area contributed by atoms with Gasteiger partial charge in [0.25, 0.3) is 0 Å². The van der Waals surface area contributed by atoms with Gasteiger partial charge in [0.15, 0.2) is 0 Å². The second-order valence-corrected chi connectivity index (χ2v) is 5.43. The van der Waals surface area contributed by atoms with E-state index in [1.54, 1.807) is 0 Å². The molecule has 1 unspecified atom stereocenters. The van der Waals surface area contributed by atoms with E-state index in [1.165, 1.54) is 6.08 Å². The van der Waals surface area contributed by atoms with Crippen LogP contribution in [-0.2, 0) is 9.59 Å². The normalized spacial score (nSPS) is 23.5. The van der Waals surface area contributed by atoms with Gasteiger partial charge in [-0.3, -0.25) is 9.59 Å². The number of ketones is 2. The summed E-state index contributed by atoms with van der Waals surface area (Å²) in [6.45, 7) is 5.41. The highest BCUT2D eigenvalue weighted by atomic mass is 31.0. The summed E-state index contributed by atoms with van der Waals surface area (Å²) in [6.07, 6.45) is 1.69. The van der Waals surface area contributed by atoms with Gasteiger partial charge in [0.1, 0.15) is 11.4 Å². The average molecular weight is 295 g/mol. The van der Waals surface area contributed by atoms with Crippen LogP contribution in [0.15, 0.2) is 23.2 Å². The number of carbonyl (C=O) groups is 2. The largest absolute Gasteiger partial charge is 0.392 e. The first-order valence-corrected chi connectivity index (χ1v) is 7.59. The molecule has 3 fully saturated rings. The predicted molar refractivity (Wildman–Crippen MR) is 76.6 cm³/mol. The van der Waals surface area contributed by atoms with E-state index in [1.807, 2.05) is 14.7 Å². The van der Waals surface area contributed by atoms with Crippen LogP contribution in [0, 0.1) is 0 Å². The lowest BCUT2D eigenvalue weighted by Crippen LogP contribution is -2.29. The average Bonchev–Trinajstić information content (AvgIpc) is 3.28. The maximum absolute atomic E-state index is 12.4. The molecule has 7 heteroatoms. The quantitative estimate of drug-likeness (QED) is 0.409. The predicted octanol–water partition coefficient (Wildman–Crippen LogP) is -1.01. The molecule has 1 N–H and O–H groups in total. The van der Waals surface area contributed by atoms with Crippen molar-refractivity contribution in [1.82, 2.24) is 14.7 Å².